The average molecular weight is 388 g/mol. The second kappa shape index (κ2) is 7.95. The van der Waals surface area contributed by atoms with Crippen molar-refractivity contribution in [3.8, 4) is 0 Å². The molecule has 24 heavy (non-hydrogen) atoms. The number of halogens is 1. The van der Waals surface area contributed by atoms with Gasteiger partial charge in [0.1, 0.15) is 0 Å². The Labute approximate surface area is 151 Å². The zero-order chi connectivity index (χ0) is 16.9. The van der Waals surface area contributed by atoms with Gasteiger partial charge in [0, 0.05) is 30.0 Å². The van der Waals surface area contributed by atoms with Gasteiger partial charge in [0.2, 0.25) is 0 Å². The molecule has 0 spiro atoms. The summed E-state index contributed by atoms with van der Waals surface area (Å²) < 4.78 is 6.40. The van der Waals surface area contributed by atoms with Crippen molar-refractivity contribution in [3.05, 3.63) is 70.2 Å². The van der Waals surface area contributed by atoms with E-state index in [-0.39, 0.29) is 17.8 Å². The van der Waals surface area contributed by atoms with Crippen LogP contribution in [-0.4, -0.2) is 30.6 Å². The molecule has 3 nitrogen and oxygen atoms in total. The largest absolute Gasteiger partial charge is 0.466 e. The van der Waals surface area contributed by atoms with E-state index in [0.717, 1.165) is 24.1 Å². The predicted octanol–water partition coefficient (Wildman–Crippen LogP) is 4.23. The SMILES string of the molecule is CCOC(=O)C1CN(Cc2ccccc2)CC1c1ccccc1Br. The first-order valence-electron chi connectivity index (χ1n) is 8.36. The van der Waals surface area contributed by atoms with Gasteiger partial charge in [0.15, 0.2) is 0 Å². The summed E-state index contributed by atoms with van der Waals surface area (Å²) in [5.41, 5.74) is 2.46. The van der Waals surface area contributed by atoms with Gasteiger partial charge in [0.05, 0.1) is 12.5 Å². The van der Waals surface area contributed by atoms with Crippen molar-refractivity contribution in [2.45, 2.75) is 19.4 Å². The maximum absolute atomic E-state index is 12.5. The van der Waals surface area contributed by atoms with E-state index in [1.54, 1.807) is 0 Å². The molecule has 3 rings (SSSR count). The smallest absolute Gasteiger partial charge is 0.310 e. The quantitative estimate of drug-likeness (QED) is 0.718. The Bertz CT molecular complexity index is 689. The number of likely N-dealkylation sites (tertiary alicyclic amines) is 1. The lowest BCUT2D eigenvalue weighted by Gasteiger charge is -2.18. The topological polar surface area (TPSA) is 29.5 Å². The van der Waals surface area contributed by atoms with E-state index < -0.39 is 0 Å². The second-order valence-corrected chi connectivity index (χ2v) is 7.02. The third-order valence-electron chi connectivity index (χ3n) is 4.54. The molecule has 0 bridgehead atoms. The number of nitrogens with zero attached hydrogens (tertiary/aromatic N) is 1. The van der Waals surface area contributed by atoms with Crippen LogP contribution in [-0.2, 0) is 16.1 Å². The van der Waals surface area contributed by atoms with E-state index in [0.29, 0.717) is 6.61 Å². The zero-order valence-electron chi connectivity index (χ0n) is 13.8. The van der Waals surface area contributed by atoms with Crippen molar-refractivity contribution in [3.63, 3.8) is 0 Å². The summed E-state index contributed by atoms with van der Waals surface area (Å²) in [6.07, 6.45) is 0. The molecule has 0 N–H and O–H groups in total. The Morgan fingerprint density at radius 2 is 1.83 bits per heavy atom. The highest BCUT2D eigenvalue weighted by atomic mass is 79.9. The van der Waals surface area contributed by atoms with E-state index in [4.69, 9.17) is 4.74 Å². The minimum atomic E-state index is -0.118. The summed E-state index contributed by atoms with van der Waals surface area (Å²) >= 11 is 3.64. The van der Waals surface area contributed by atoms with Crippen LogP contribution in [0.3, 0.4) is 0 Å². The summed E-state index contributed by atoms with van der Waals surface area (Å²) in [5, 5.41) is 0. The van der Waals surface area contributed by atoms with Gasteiger partial charge in [-0.1, -0.05) is 64.5 Å². The highest BCUT2D eigenvalue weighted by molar-refractivity contribution is 9.10. The van der Waals surface area contributed by atoms with Gasteiger partial charge in [-0.15, -0.1) is 0 Å². The van der Waals surface area contributed by atoms with E-state index >= 15 is 0 Å². The fourth-order valence-corrected chi connectivity index (χ4v) is 4.01. The monoisotopic (exact) mass is 387 g/mol. The summed E-state index contributed by atoms with van der Waals surface area (Å²) in [6.45, 7) is 4.75. The minimum Gasteiger partial charge on any atom is -0.466 e. The molecule has 2 unspecified atom stereocenters. The summed E-state index contributed by atoms with van der Waals surface area (Å²) in [4.78, 5) is 14.8. The lowest BCUT2D eigenvalue weighted by molar-refractivity contribution is -0.148. The van der Waals surface area contributed by atoms with Crippen LogP contribution in [0.4, 0.5) is 0 Å². The highest BCUT2D eigenvalue weighted by Crippen LogP contribution is 2.37. The number of esters is 1. The fourth-order valence-electron chi connectivity index (χ4n) is 3.44. The number of hydrogen-bond donors (Lipinski definition) is 0. The number of ether oxygens (including phenoxy) is 1. The van der Waals surface area contributed by atoms with E-state index in [2.05, 4.69) is 51.2 Å². The Morgan fingerprint density at radius 1 is 1.12 bits per heavy atom. The van der Waals surface area contributed by atoms with Crippen molar-refractivity contribution >= 4 is 21.9 Å². The van der Waals surface area contributed by atoms with Crippen LogP contribution in [0.1, 0.15) is 24.0 Å². The average Bonchev–Trinajstić information content (AvgIpc) is 3.00. The van der Waals surface area contributed by atoms with Crippen LogP contribution >= 0.6 is 15.9 Å². The van der Waals surface area contributed by atoms with Crippen molar-refractivity contribution in [2.75, 3.05) is 19.7 Å². The van der Waals surface area contributed by atoms with Crippen LogP contribution in [0.2, 0.25) is 0 Å². The van der Waals surface area contributed by atoms with Gasteiger partial charge in [-0.05, 0) is 24.1 Å². The van der Waals surface area contributed by atoms with Crippen LogP contribution in [0.15, 0.2) is 59.1 Å². The Morgan fingerprint density at radius 3 is 2.54 bits per heavy atom. The number of hydrogen-bond acceptors (Lipinski definition) is 3. The van der Waals surface area contributed by atoms with Gasteiger partial charge in [0.25, 0.3) is 0 Å². The maximum atomic E-state index is 12.5. The number of carbonyl (C=O) groups is 1. The normalized spacial score (nSPS) is 20.9. The lowest BCUT2D eigenvalue weighted by Crippen LogP contribution is -2.25. The van der Waals surface area contributed by atoms with Crippen molar-refractivity contribution in [2.24, 2.45) is 5.92 Å². The summed E-state index contributed by atoms with van der Waals surface area (Å²) in [7, 11) is 0. The van der Waals surface area contributed by atoms with Crippen LogP contribution in [0.5, 0.6) is 0 Å². The molecule has 0 aromatic heterocycles. The number of rotatable bonds is 5. The van der Waals surface area contributed by atoms with Gasteiger partial charge >= 0.3 is 5.97 Å². The molecular formula is C20H22BrNO2. The standard InChI is InChI=1S/C20H22BrNO2/c1-2-24-20(23)18-14-22(12-15-8-4-3-5-9-15)13-17(18)16-10-6-7-11-19(16)21/h3-11,17-18H,2,12-14H2,1H3. The molecule has 1 heterocycles. The second-order valence-electron chi connectivity index (χ2n) is 6.17. The Balaban J connectivity index is 1.82. The van der Waals surface area contributed by atoms with Crippen LogP contribution < -0.4 is 0 Å². The molecule has 2 aromatic rings. The molecule has 1 aliphatic rings. The zero-order valence-corrected chi connectivity index (χ0v) is 15.4. The summed E-state index contributed by atoms with van der Waals surface area (Å²) in [6, 6.07) is 18.6. The van der Waals surface area contributed by atoms with Gasteiger partial charge in [-0.25, -0.2) is 0 Å². The Hall–Kier alpha value is -1.65. The maximum Gasteiger partial charge on any atom is 0.310 e. The molecule has 4 heteroatoms. The highest BCUT2D eigenvalue weighted by Gasteiger charge is 2.40. The molecule has 126 valence electrons. The van der Waals surface area contributed by atoms with E-state index in [9.17, 15) is 4.79 Å². The first kappa shape index (κ1) is 17.2. The van der Waals surface area contributed by atoms with Crippen LogP contribution in [0, 0.1) is 5.92 Å². The molecule has 0 saturated carbocycles. The molecule has 1 fully saturated rings. The van der Waals surface area contributed by atoms with Gasteiger partial charge in [-0.2, -0.15) is 0 Å². The third-order valence-corrected chi connectivity index (χ3v) is 5.26. The van der Waals surface area contributed by atoms with E-state index in [1.165, 1.54) is 11.1 Å². The molecule has 1 aliphatic heterocycles. The first-order chi connectivity index (χ1) is 11.7. The molecule has 0 radical (unpaired) electrons. The molecule has 2 aromatic carbocycles. The van der Waals surface area contributed by atoms with Crippen molar-refractivity contribution in [1.29, 1.82) is 0 Å². The summed E-state index contributed by atoms with van der Waals surface area (Å²) in [5.74, 6) is -0.0514. The number of carbonyl (C=O) groups excluding carboxylic acids is 1. The van der Waals surface area contributed by atoms with Gasteiger partial charge in [-0.3, -0.25) is 9.69 Å². The molecule has 0 aliphatic carbocycles. The predicted molar refractivity (Wildman–Crippen MR) is 98.7 cm³/mol. The van der Waals surface area contributed by atoms with E-state index in [1.807, 2.05) is 31.2 Å². The van der Waals surface area contributed by atoms with Crippen molar-refractivity contribution < 1.29 is 9.53 Å². The molecule has 0 amide bonds. The minimum absolute atomic E-state index is 0.0891. The molecular weight excluding hydrogens is 366 g/mol. The van der Waals surface area contributed by atoms with Gasteiger partial charge < -0.3 is 4.74 Å². The number of benzene rings is 2. The lowest BCUT2D eigenvalue weighted by atomic mass is 9.89. The molecule has 1 saturated heterocycles. The first-order valence-corrected chi connectivity index (χ1v) is 9.15. The Kier molecular flexibility index (Phi) is 5.69. The van der Waals surface area contributed by atoms with Crippen LogP contribution in [0.25, 0.3) is 0 Å². The van der Waals surface area contributed by atoms with Crippen molar-refractivity contribution in [1.82, 2.24) is 4.90 Å². The fraction of sp³-hybridized carbons (Fsp3) is 0.350. The third kappa shape index (κ3) is 3.87. The molecule has 2 atom stereocenters.